The summed E-state index contributed by atoms with van der Waals surface area (Å²) in [5.41, 5.74) is 1.55. The zero-order valence-electron chi connectivity index (χ0n) is 15.7. The van der Waals surface area contributed by atoms with E-state index in [-0.39, 0.29) is 24.2 Å². The Balaban J connectivity index is 1.46. The van der Waals surface area contributed by atoms with Crippen LogP contribution in [0.25, 0.3) is 0 Å². The van der Waals surface area contributed by atoms with Gasteiger partial charge >= 0.3 is 0 Å². The number of ether oxygens (including phenoxy) is 1. The number of nitrogens with zero attached hydrogens (tertiary/aromatic N) is 3. The lowest BCUT2D eigenvalue weighted by Gasteiger charge is -2.47. The summed E-state index contributed by atoms with van der Waals surface area (Å²) in [6, 6.07) is 7.87. The van der Waals surface area contributed by atoms with Gasteiger partial charge in [-0.1, -0.05) is 6.07 Å². The highest BCUT2D eigenvalue weighted by atomic mass is 19.1. The summed E-state index contributed by atoms with van der Waals surface area (Å²) in [4.78, 5) is 32.6. The van der Waals surface area contributed by atoms with Gasteiger partial charge in [0.25, 0.3) is 11.8 Å². The van der Waals surface area contributed by atoms with Crippen LogP contribution >= 0.6 is 0 Å². The topological polar surface area (TPSA) is 62.7 Å². The summed E-state index contributed by atoms with van der Waals surface area (Å²) in [7, 11) is 0. The lowest BCUT2D eigenvalue weighted by molar-refractivity contribution is -0.143. The minimum absolute atomic E-state index is 0.0355. The molecule has 2 amide bonds. The van der Waals surface area contributed by atoms with Crippen LogP contribution < -0.4 is 4.90 Å². The summed E-state index contributed by atoms with van der Waals surface area (Å²) < 4.78 is 19.5. The normalized spacial score (nSPS) is 19.1. The molecule has 28 heavy (non-hydrogen) atoms. The van der Waals surface area contributed by atoms with Gasteiger partial charge in [0.15, 0.2) is 0 Å². The minimum Gasteiger partial charge on any atom is -0.363 e. The Kier molecular flexibility index (Phi) is 4.85. The summed E-state index contributed by atoms with van der Waals surface area (Å²) in [6.07, 6.45) is 4.55. The molecule has 1 aromatic carbocycles. The van der Waals surface area contributed by atoms with Crippen molar-refractivity contribution in [2.75, 3.05) is 31.1 Å². The molecule has 2 fully saturated rings. The number of rotatable bonds is 2. The maximum Gasteiger partial charge on any atom is 0.255 e. The first kappa shape index (κ1) is 18.6. The van der Waals surface area contributed by atoms with Crippen molar-refractivity contribution in [3.8, 4) is 0 Å². The first-order valence-electron chi connectivity index (χ1n) is 9.37. The Bertz CT molecular complexity index is 909. The van der Waals surface area contributed by atoms with Crippen molar-refractivity contribution in [3.05, 3.63) is 59.7 Å². The average Bonchev–Trinajstić information content (AvgIpc) is 2.70. The molecule has 2 saturated heterocycles. The zero-order valence-corrected chi connectivity index (χ0v) is 15.7. The smallest absolute Gasteiger partial charge is 0.255 e. The number of halogens is 1. The molecule has 3 heterocycles. The van der Waals surface area contributed by atoms with Crippen LogP contribution in [0.15, 0.2) is 42.7 Å². The fourth-order valence-electron chi connectivity index (χ4n) is 3.87. The van der Waals surface area contributed by atoms with Crippen LogP contribution in [0.5, 0.6) is 0 Å². The van der Waals surface area contributed by atoms with E-state index in [4.69, 9.17) is 4.74 Å². The lowest BCUT2D eigenvalue weighted by Crippen LogP contribution is -2.59. The molecule has 6 nitrogen and oxygen atoms in total. The fraction of sp³-hybridized carbons (Fsp3) is 0.381. The molecule has 0 saturated carbocycles. The van der Waals surface area contributed by atoms with Crippen LogP contribution in [0.2, 0.25) is 0 Å². The quantitative estimate of drug-likeness (QED) is 0.800. The van der Waals surface area contributed by atoms with E-state index in [1.165, 1.54) is 12.1 Å². The number of amides is 2. The van der Waals surface area contributed by atoms with Crippen LogP contribution in [-0.2, 0) is 9.53 Å². The Hall–Kier alpha value is -2.80. The number of carbonyl (C=O) groups is 2. The fourth-order valence-corrected chi connectivity index (χ4v) is 3.87. The number of morpholine rings is 1. The van der Waals surface area contributed by atoms with E-state index in [9.17, 15) is 14.0 Å². The highest BCUT2D eigenvalue weighted by Gasteiger charge is 2.43. The van der Waals surface area contributed by atoms with Crippen molar-refractivity contribution in [1.82, 2.24) is 9.88 Å². The van der Waals surface area contributed by atoms with E-state index >= 15 is 0 Å². The average molecular weight is 383 g/mol. The van der Waals surface area contributed by atoms with Crippen molar-refractivity contribution in [2.24, 2.45) is 0 Å². The number of aryl methyl sites for hydroxylation is 1. The highest BCUT2D eigenvalue weighted by Crippen LogP contribution is 2.33. The summed E-state index contributed by atoms with van der Waals surface area (Å²) in [5.74, 6) is -0.599. The molecule has 146 valence electrons. The molecular formula is C21H22FN3O3. The van der Waals surface area contributed by atoms with Gasteiger partial charge < -0.3 is 14.5 Å². The third-order valence-electron chi connectivity index (χ3n) is 5.45. The standard InChI is InChI=1S/C21H22FN3O3/c1-15-9-16(12-23-11-15)20(27)24-7-5-21(6-8-24)14-25(19(26)13-28-21)18-4-2-3-17(22)10-18/h2-4,9-12H,5-8,13-14H2,1H3. The van der Waals surface area contributed by atoms with Gasteiger partial charge in [0.2, 0.25) is 0 Å². The number of carbonyl (C=O) groups excluding carboxylic acids is 2. The van der Waals surface area contributed by atoms with Gasteiger partial charge in [0.05, 0.1) is 17.7 Å². The van der Waals surface area contributed by atoms with Crippen LogP contribution in [0, 0.1) is 12.7 Å². The molecule has 0 N–H and O–H groups in total. The first-order chi connectivity index (χ1) is 13.5. The largest absolute Gasteiger partial charge is 0.363 e. The van der Waals surface area contributed by atoms with Crippen molar-refractivity contribution in [2.45, 2.75) is 25.4 Å². The molecule has 0 atom stereocenters. The Morgan fingerprint density at radius 1 is 1.21 bits per heavy atom. The number of hydrogen-bond donors (Lipinski definition) is 0. The van der Waals surface area contributed by atoms with Gasteiger partial charge in [-0.15, -0.1) is 0 Å². The third-order valence-corrected chi connectivity index (χ3v) is 5.45. The monoisotopic (exact) mass is 383 g/mol. The van der Waals surface area contributed by atoms with Crippen LogP contribution in [-0.4, -0.2) is 53.5 Å². The van der Waals surface area contributed by atoms with Gasteiger partial charge in [-0.25, -0.2) is 4.39 Å². The molecule has 2 aromatic rings. The molecular weight excluding hydrogens is 361 g/mol. The van der Waals surface area contributed by atoms with Crippen LogP contribution in [0.3, 0.4) is 0 Å². The number of piperidine rings is 1. The molecule has 0 bridgehead atoms. The Morgan fingerprint density at radius 3 is 2.71 bits per heavy atom. The second-order valence-corrected chi connectivity index (χ2v) is 7.47. The SMILES string of the molecule is Cc1cncc(C(=O)N2CCC3(CC2)CN(c2cccc(F)c2)C(=O)CO3)c1. The highest BCUT2D eigenvalue weighted by molar-refractivity contribution is 5.95. The molecule has 2 aliphatic heterocycles. The molecule has 1 aromatic heterocycles. The van der Waals surface area contributed by atoms with E-state index < -0.39 is 5.60 Å². The van der Waals surface area contributed by atoms with E-state index in [1.54, 1.807) is 34.3 Å². The molecule has 0 unspecified atom stereocenters. The lowest BCUT2D eigenvalue weighted by atomic mass is 9.88. The maximum atomic E-state index is 13.6. The van der Waals surface area contributed by atoms with E-state index in [2.05, 4.69) is 4.98 Å². The predicted molar refractivity (Wildman–Crippen MR) is 102 cm³/mol. The molecule has 1 spiro atoms. The molecule has 7 heteroatoms. The van der Waals surface area contributed by atoms with Gasteiger partial charge in [-0.05, 0) is 49.6 Å². The number of aromatic nitrogens is 1. The number of anilines is 1. The molecule has 0 radical (unpaired) electrons. The minimum atomic E-state index is -0.512. The number of benzene rings is 1. The second-order valence-electron chi connectivity index (χ2n) is 7.47. The van der Waals surface area contributed by atoms with Gasteiger partial charge in [0.1, 0.15) is 12.4 Å². The maximum absolute atomic E-state index is 13.6. The number of hydrogen-bond acceptors (Lipinski definition) is 4. The van der Waals surface area contributed by atoms with Gasteiger partial charge in [-0.3, -0.25) is 14.6 Å². The first-order valence-corrected chi connectivity index (χ1v) is 9.37. The van der Waals surface area contributed by atoms with Crippen molar-refractivity contribution in [3.63, 3.8) is 0 Å². The van der Waals surface area contributed by atoms with Crippen molar-refractivity contribution >= 4 is 17.5 Å². The zero-order chi connectivity index (χ0) is 19.7. The predicted octanol–water partition coefficient (Wildman–Crippen LogP) is 2.57. The second kappa shape index (κ2) is 7.31. The molecule has 4 rings (SSSR count). The van der Waals surface area contributed by atoms with Gasteiger partial charge in [0, 0.05) is 31.2 Å². The van der Waals surface area contributed by atoms with Crippen molar-refractivity contribution in [1.29, 1.82) is 0 Å². The summed E-state index contributed by atoms with van der Waals surface area (Å²) in [5, 5.41) is 0. The van der Waals surface area contributed by atoms with E-state index in [0.717, 1.165) is 5.56 Å². The Labute approximate surface area is 162 Å². The van der Waals surface area contributed by atoms with Gasteiger partial charge in [-0.2, -0.15) is 0 Å². The Morgan fingerprint density at radius 2 is 2.00 bits per heavy atom. The van der Waals surface area contributed by atoms with Crippen molar-refractivity contribution < 1.29 is 18.7 Å². The van der Waals surface area contributed by atoms with E-state index in [1.807, 2.05) is 13.0 Å². The molecule has 2 aliphatic rings. The third kappa shape index (κ3) is 3.62. The number of likely N-dealkylation sites (tertiary alicyclic amines) is 1. The number of pyridine rings is 1. The van der Waals surface area contributed by atoms with Crippen LogP contribution in [0.4, 0.5) is 10.1 Å². The van der Waals surface area contributed by atoms with E-state index in [0.29, 0.717) is 43.7 Å². The van der Waals surface area contributed by atoms with Crippen LogP contribution in [0.1, 0.15) is 28.8 Å². The summed E-state index contributed by atoms with van der Waals surface area (Å²) >= 11 is 0. The molecule has 0 aliphatic carbocycles. The summed E-state index contributed by atoms with van der Waals surface area (Å²) in [6.45, 7) is 3.31.